The number of hydrogen-bond donors (Lipinski definition) is 1. The van der Waals surface area contributed by atoms with Gasteiger partial charge in [0, 0.05) is 18.7 Å². The first kappa shape index (κ1) is 14.1. The molecule has 0 radical (unpaired) electrons. The lowest BCUT2D eigenvalue weighted by molar-refractivity contribution is -0.384. The van der Waals surface area contributed by atoms with Crippen LogP contribution in [0.2, 0.25) is 0 Å². The van der Waals surface area contributed by atoms with Crippen LogP contribution in [0.4, 0.5) is 5.69 Å². The van der Waals surface area contributed by atoms with Gasteiger partial charge in [-0.05, 0) is 18.6 Å². The number of aromatic nitrogens is 3. The molecule has 0 unspecified atom stereocenters. The molecule has 0 saturated carbocycles. The minimum Gasteiger partial charge on any atom is -0.309 e. The molecule has 0 spiro atoms. The Bertz CT molecular complexity index is 621. The normalized spacial score (nSPS) is 11.0. The number of hydrogen-bond acceptors (Lipinski definition) is 5. The van der Waals surface area contributed by atoms with E-state index in [0.717, 1.165) is 11.3 Å². The van der Waals surface area contributed by atoms with Crippen molar-refractivity contribution in [3.63, 3.8) is 0 Å². The number of nitrogens with zero attached hydrogens (tertiary/aromatic N) is 4. The zero-order chi connectivity index (χ0) is 14.7. The van der Waals surface area contributed by atoms with Crippen LogP contribution in [0.5, 0.6) is 0 Å². The lowest BCUT2D eigenvalue weighted by Crippen LogP contribution is -2.21. The van der Waals surface area contributed by atoms with Crippen molar-refractivity contribution in [1.82, 2.24) is 20.3 Å². The largest absolute Gasteiger partial charge is 0.309 e. The van der Waals surface area contributed by atoms with Crippen LogP contribution >= 0.6 is 0 Å². The summed E-state index contributed by atoms with van der Waals surface area (Å²) in [5, 5.41) is 22.3. The van der Waals surface area contributed by atoms with Gasteiger partial charge in [-0.25, -0.2) is 4.68 Å². The average molecular weight is 275 g/mol. The molecule has 2 rings (SSSR count). The molecule has 0 fully saturated rings. The molecule has 7 heteroatoms. The molecule has 0 atom stereocenters. The maximum atomic E-state index is 11.1. The average Bonchev–Trinajstić information content (AvgIpc) is 2.84. The lowest BCUT2D eigenvalue weighted by atomic mass is 10.2. The van der Waals surface area contributed by atoms with Gasteiger partial charge < -0.3 is 5.32 Å². The van der Waals surface area contributed by atoms with Gasteiger partial charge in [0.2, 0.25) is 0 Å². The molecular formula is C13H17N5O2. The van der Waals surface area contributed by atoms with E-state index in [4.69, 9.17) is 0 Å². The molecule has 0 saturated heterocycles. The summed E-state index contributed by atoms with van der Waals surface area (Å²) in [7, 11) is 0. The number of nitro benzene ring substituents is 1. The van der Waals surface area contributed by atoms with Gasteiger partial charge in [-0.15, -0.1) is 5.10 Å². The van der Waals surface area contributed by atoms with Crippen LogP contribution in [-0.2, 0) is 6.54 Å². The third-order valence-corrected chi connectivity index (χ3v) is 2.81. The number of aryl methyl sites for hydroxylation is 1. The maximum Gasteiger partial charge on any atom is 0.294 e. The number of nitro groups is 1. The Morgan fingerprint density at radius 3 is 2.85 bits per heavy atom. The number of benzene rings is 1. The highest BCUT2D eigenvalue weighted by Gasteiger charge is 2.16. The molecule has 106 valence electrons. The zero-order valence-electron chi connectivity index (χ0n) is 11.7. The van der Waals surface area contributed by atoms with Gasteiger partial charge in [-0.1, -0.05) is 25.1 Å². The fourth-order valence-corrected chi connectivity index (χ4v) is 1.78. The molecule has 0 amide bonds. The quantitative estimate of drug-likeness (QED) is 0.666. The molecule has 0 aliphatic rings. The van der Waals surface area contributed by atoms with Crippen LogP contribution < -0.4 is 5.32 Å². The van der Waals surface area contributed by atoms with Crippen molar-refractivity contribution >= 4 is 5.69 Å². The summed E-state index contributed by atoms with van der Waals surface area (Å²) in [6, 6.07) is 5.26. The molecule has 0 aliphatic carbocycles. The highest BCUT2D eigenvalue weighted by atomic mass is 16.6. The fraction of sp³-hybridized carbons (Fsp3) is 0.385. The fourth-order valence-electron chi connectivity index (χ4n) is 1.78. The van der Waals surface area contributed by atoms with Crippen LogP contribution in [0.1, 0.15) is 25.1 Å². The molecule has 1 N–H and O–H groups in total. The molecule has 1 heterocycles. The summed E-state index contributed by atoms with van der Waals surface area (Å²) in [4.78, 5) is 10.6. The van der Waals surface area contributed by atoms with Crippen molar-refractivity contribution in [3.05, 3.63) is 45.8 Å². The van der Waals surface area contributed by atoms with E-state index in [0.29, 0.717) is 18.3 Å². The van der Waals surface area contributed by atoms with Crippen molar-refractivity contribution in [2.75, 3.05) is 0 Å². The molecule has 20 heavy (non-hydrogen) atoms. The van der Waals surface area contributed by atoms with E-state index in [-0.39, 0.29) is 5.69 Å². The Kier molecular flexibility index (Phi) is 4.09. The lowest BCUT2D eigenvalue weighted by Gasteiger charge is -2.04. The maximum absolute atomic E-state index is 11.1. The van der Waals surface area contributed by atoms with Gasteiger partial charge in [-0.3, -0.25) is 10.1 Å². The molecule has 2 aromatic rings. The standard InChI is InChI=1S/C13H17N5O2/c1-9(2)14-7-11-8-17(16-15-11)13-6-10(3)4-5-12(13)18(19)20/h4-6,8-9,14H,7H2,1-3H3. The van der Waals surface area contributed by atoms with E-state index in [9.17, 15) is 10.1 Å². The monoisotopic (exact) mass is 275 g/mol. The second-order valence-electron chi connectivity index (χ2n) is 4.94. The van der Waals surface area contributed by atoms with Gasteiger partial charge >= 0.3 is 0 Å². The first-order valence-electron chi connectivity index (χ1n) is 6.37. The number of nitrogens with one attached hydrogen (secondary N) is 1. The van der Waals surface area contributed by atoms with E-state index in [2.05, 4.69) is 15.6 Å². The van der Waals surface area contributed by atoms with Gasteiger partial charge in [0.15, 0.2) is 0 Å². The summed E-state index contributed by atoms with van der Waals surface area (Å²) < 4.78 is 1.45. The summed E-state index contributed by atoms with van der Waals surface area (Å²) in [5.41, 5.74) is 2.12. The van der Waals surface area contributed by atoms with Crippen molar-refractivity contribution in [1.29, 1.82) is 0 Å². The SMILES string of the molecule is Cc1ccc([N+](=O)[O-])c(-n2cc(CNC(C)C)nn2)c1. The van der Waals surface area contributed by atoms with Crippen LogP contribution in [0.15, 0.2) is 24.4 Å². The molecular weight excluding hydrogens is 258 g/mol. The predicted molar refractivity (Wildman–Crippen MR) is 74.7 cm³/mol. The highest BCUT2D eigenvalue weighted by molar-refractivity contribution is 5.53. The van der Waals surface area contributed by atoms with Crippen LogP contribution in [0.25, 0.3) is 5.69 Å². The third kappa shape index (κ3) is 3.18. The first-order valence-corrected chi connectivity index (χ1v) is 6.37. The summed E-state index contributed by atoms with van der Waals surface area (Å²) in [6.45, 7) is 6.54. The summed E-state index contributed by atoms with van der Waals surface area (Å²) >= 11 is 0. The smallest absolute Gasteiger partial charge is 0.294 e. The van der Waals surface area contributed by atoms with Crippen LogP contribution in [-0.4, -0.2) is 26.0 Å². The second-order valence-corrected chi connectivity index (χ2v) is 4.94. The molecule has 1 aromatic heterocycles. The van der Waals surface area contributed by atoms with Crippen molar-refractivity contribution < 1.29 is 4.92 Å². The molecule has 0 aliphatic heterocycles. The van der Waals surface area contributed by atoms with E-state index in [1.165, 1.54) is 10.7 Å². The van der Waals surface area contributed by atoms with E-state index < -0.39 is 4.92 Å². The van der Waals surface area contributed by atoms with Gasteiger partial charge in [-0.2, -0.15) is 0 Å². The van der Waals surface area contributed by atoms with Crippen LogP contribution in [0.3, 0.4) is 0 Å². The zero-order valence-corrected chi connectivity index (χ0v) is 11.7. The van der Waals surface area contributed by atoms with Crippen molar-refractivity contribution in [2.24, 2.45) is 0 Å². The highest BCUT2D eigenvalue weighted by Crippen LogP contribution is 2.23. The van der Waals surface area contributed by atoms with Gasteiger partial charge in [0.25, 0.3) is 5.69 Å². The Hall–Kier alpha value is -2.28. The Balaban J connectivity index is 2.32. The summed E-state index contributed by atoms with van der Waals surface area (Å²) in [6.07, 6.45) is 1.71. The molecule has 7 nitrogen and oxygen atoms in total. The molecule has 0 bridgehead atoms. The Morgan fingerprint density at radius 2 is 2.20 bits per heavy atom. The van der Waals surface area contributed by atoms with Gasteiger partial charge in [0.1, 0.15) is 5.69 Å². The Labute approximate surface area is 116 Å². The Morgan fingerprint density at radius 1 is 1.45 bits per heavy atom. The first-order chi connectivity index (χ1) is 9.47. The predicted octanol–water partition coefficient (Wildman–Crippen LogP) is 1.98. The van der Waals surface area contributed by atoms with E-state index in [1.54, 1.807) is 18.3 Å². The van der Waals surface area contributed by atoms with E-state index >= 15 is 0 Å². The van der Waals surface area contributed by atoms with E-state index in [1.807, 2.05) is 20.8 Å². The van der Waals surface area contributed by atoms with Crippen molar-refractivity contribution in [2.45, 2.75) is 33.4 Å². The number of rotatable bonds is 5. The topological polar surface area (TPSA) is 85.9 Å². The van der Waals surface area contributed by atoms with Gasteiger partial charge in [0.05, 0.1) is 16.8 Å². The summed E-state index contributed by atoms with van der Waals surface area (Å²) in [5.74, 6) is 0. The molecule has 1 aromatic carbocycles. The second kappa shape index (κ2) is 5.79. The van der Waals surface area contributed by atoms with Crippen LogP contribution in [0, 0.1) is 17.0 Å². The third-order valence-electron chi connectivity index (χ3n) is 2.81. The minimum atomic E-state index is -0.414. The minimum absolute atomic E-state index is 0.0175. The van der Waals surface area contributed by atoms with Crippen molar-refractivity contribution in [3.8, 4) is 5.69 Å².